The van der Waals surface area contributed by atoms with Crippen LogP contribution in [0.15, 0.2) is 24.3 Å². The smallest absolute Gasteiger partial charge is 0.336 e. The van der Waals surface area contributed by atoms with Crippen molar-refractivity contribution in [3.63, 3.8) is 0 Å². The van der Waals surface area contributed by atoms with Gasteiger partial charge in [0, 0.05) is 32.2 Å². The number of nitrogens with zero attached hydrogens (tertiary/aromatic N) is 1. The number of carboxylic acids is 1. The van der Waals surface area contributed by atoms with Gasteiger partial charge in [0.25, 0.3) is 0 Å². The maximum atomic E-state index is 11.2. The monoisotopic (exact) mass is 262 g/mol. The van der Waals surface area contributed by atoms with Crippen LogP contribution in [-0.4, -0.2) is 41.7 Å². The van der Waals surface area contributed by atoms with Crippen LogP contribution in [0.3, 0.4) is 0 Å². The number of nitrogens with one attached hydrogen (secondary N) is 1. The van der Waals surface area contributed by atoms with Crippen molar-refractivity contribution in [2.45, 2.75) is 32.4 Å². The first kappa shape index (κ1) is 14.0. The van der Waals surface area contributed by atoms with E-state index in [1.165, 1.54) is 0 Å². The van der Waals surface area contributed by atoms with Gasteiger partial charge in [0.1, 0.15) is 0 Å². The molecule has 4 nitrogen and oxygen atoms in total. The van der Waals surface area contributed by atoms with E-state index in [2.05, 4.69) is 17.1 Å². The van der Waals surface area contributed by atoms with E-state index >= 15 is 0 Å². The van der Waals surface area contributed by atoms with E-state index in [9.17, 15) is 9.90 Å². The number of carboxylic acid groups (broad SMARTS) is 1. The highest BCUT2D eigenvalue weighted by Crippen LogP contribution is 2.17. The summed E-state index contributed by atoms with van der Waals surface area (Å²) < 4.78 is 0. The zero-order valence-electron chi connectivity index (χ0n) is 11.4. The van der Waals surface area contributed by atoms with Crippen LogP contribution >= 0.6 is 0 Å². The van der Waals surface area contributed by atoms with E-state index < -0.39 is 5.97 Å². The Hall–Kier alpha value is -1.39. The second-order valence-electron chi connectivity index (χ2n) is 5.08. The molecule has 1 unspecified atom stereocenters. The van der Waals surface area contributed by atoms with Crippen molar-refractivity contribution in [3.05, 3.63) is 35.4 Å². The van der Waals surface area contributed by atoms with Crippen LogP contribution < -0.4 is 5.32 Å². The number of hydrogen-bond donors (Lipinski definition) is 2. The summed E-state index contributed by atoms with van der Waals surface area (Å²) in [5.41, 5.74) is 1.34. The molecule has 0 saturated carbocycles. The second kappa shape index (κ2) is 6.68. The fraction of sp³-hybridized carbons (Fsp3) is 0.533. The Bertz CT molecular complexity index is 432. The third-order valence-corrected chi connectivity index (χ3v) is 3.72. The maximum absolute atomic E-state index is 11.2. The van der Waals surface area contributed by atoms with Gasteiger partial charge < -0.3 is 10.4 Å². The molecule has 104 valence electrons. The first-order chi connectivity index (χ1) is 9.22. The van der Waals surface area contributed by atoms with Crippen LogP contribution in [0.4, 0.5) is 0 Å². The molecule has 0 bridgehead atoms. The Morgan fingerprint density at radius 1 is 1.47 bits per heavy atom. The van der Waals surface area contributed by atoms with Gasteiger partial charge in [0.2, 0.25) is 0 Å². The number of carbonyl (C=O) groups is 1. The summed E-state index contributed by atoms with van der Waals surface area (Å²) in [6.07, 6.45) is 2.31. The molecule has 1 aromatic rings. The molecule has 1 heterocycles. The minimum atomic E-state index is -0.835. The SMILES string of the molecule is CCCC1CNCCN1Cc1ccccc1C(=O)O. The lowest BCUT2D eigenvalue weighted by atomic mass is 10.0. The van der Waals surface area contributed by atoms with Crippen LogP contribution in [0.25, 0.3) is 0 Å². The predicted octanol–water partition coefficient (Wildman–Crippen LogP) is 1.96. The van der Waals surface area contributed by atoms with Gasteiger partial charge in [0.15, 0.2) is 0 Å². The minimum absolute atomic E-state index is 0.427. The van der Waals surface area contributed by atoms with Gasteiger partial charge in [-0.3, -0.25) is 4.90 Å². The van der Waals surface area contributed by atoms with Gasteiger partial charge >= 0.3 is 5.97 Å². The molecule has 1 saturated heterocycles. The molecular weight excluding hydrogens is 240 g/mol. The van der Waals surface area contributed by atoms with Crippen molar-refractivity contribution in [1.29, 1.82) is 0 Å². The fourth-order valence-electron chi connectivity index (χ4n) is 2.71. The molecule has 0 amide bonds. The van der Waals surface area contributed by atoms with E-state index in [-0.39, 0.29) is 0 Å². The van der Waals surface area contributed by atoms with E-state index in [1.807, 2.05) is 12.1 Å². The van der Waals surface area contributed by atoms with Crippen molar-refractivity contribution < 1.29 is 9.90 Å². The normalized spacial score (nSPS) is 20.4. The lowest BCUT2D eigenvalue weighted by molar-refractivity contribution is 0.0692. The lowest BCUT2D eigenvalue weighted by Crippen LogP contribution is -2.50. The topological polar surface area (TPSA) is 52.6 Å². The summed E-state index contributed by atoms with van der Waals surface area (Å²) in [7, 11) is 0. The third-order valence-electron chi connectivity index (χ3n) is 3.72. The zero-order valence-corrected chi connectivity index (χ0v) is 11.4. The number of hydrogen-bond acceptors (Lipinski definition) is 3. The average molecular weight is 262 g/mol. The zero-order chi connectivity index (χ0) is 13.7. The number of rotatable bonds is 5. The van der Waals surface area contributed by atoms with E-state index in [0.717, 1.165) is 44.6 Å². The van der Waals surface area contributed by atoms with Gasteiger partial charge in [-0.15, -0.1) is 0 Å². The molecular formula is C15H22N2O2. The number of aromatic carboxylic acids is 1. The molecule has 0 spiro atoms. The first-order valence-corrected chi connectivity index (χ1v) is 6.98. The van der Waals surface area contributed by atoms with Crippen molar-refractivity contribution in [1.82, 2.24) is 10.2 Å². The van der Waals surface area contributed by atoms with E-state index in [0.29, 0.717) is 11.6 Å². The molecule has 1 aliphatic rings. The van der Waals surface area contributed by atoms with Gasteiger partial charge in [-0.05, 0) is 18.1 Å². The Kier molecular flexibility index (Phi) is 4.93. The molecule has 1 fully saturated rings. The highest BCUT2D eigenvalue weighted by molar-refractivity contribution is 5.89. The Morgan fingerprint density at radius 2 is 2.26 bits per heavy atom. The Labute approximate surface area is 114 Å². The molecule has 2 N–H and O–H groups in total. The van der Waals surface area contributed by atoms with Gasteiger partial charge in [-0.2, -0.15) is 0 Å². The van der Waals surface area contributed by atoms with Crippen LogP contribution in [-0.2, 0) is 6.54 Å². The largest absolute Gasteiger partial charge is 0.478 e. The first-order valence-electron chi connectivity index (χ1n) is 6.98. The van der Waals surface area contributed by atoms with E-state index in [1.54, 1.807) is 12.1 Å². The standard InChI is InChI=1S/C15H22N2O2/c1-2-5-13-10-16-8-9-17(13)11-12-6-3-4-7-14(12)15(18)19/h3-4,6-7,13,16H,2,5,8-11H2,1H3,(H,18,19). The molecule has 0 aliphatic carbocycles. The van der Waals surface area contributed by atoms with Crippen LogP contribution in [0, 0.1) is 0 Å². The summed E-state index contributed by atoms with van der Waals surface area (Å²) >= 11 is 0. The molecule has 1 aliphatic heterocycles. The summed E-state index contributed by atoms with van der Waals surface area (Å²) in [5, 5.41) is 12.6. The van der Waals surface area contributed by atoms with Crippen molar-refractivity contribution in [3.8, 4) is 0 Å². The summed E-state index contributed by atoms with van der Waals surface area (Å²) in [6.45, 7) is 5.89. The quantitative estimate of drug-likeness (QED) is 0.851. The molecule has 1 atom stereocenters. The maximum Gasteiger partial charge on any atom is 0.336 e. The number of benzene rings is 1. The molecule has 0 radical (unpaired) electrons. The van der Waals surface area contributed by atoms with Gasteiger partial charge in [0.05, 0.1) is 5.56 Å². The van der Waals surface area contributed by atoms with Crippen LogP contribution in [0.5, 0.6) is 0 Å². The summed E-state index contributed by atoms with van der Waals surface area (Å²) in [4.78, 5) is 13.6. The molecule has 0 aromatic heterocycles. The summed E-state index contributed by atoms with van der Waals surface area (Å²) in [5.74, 6) is -0.835. The van der Waals surface area contributed by atoms with Crippen LogP contribution in [0.1, 0.15) is 35.7 Å². The Balaban J connectivity index is 2.12. The fourth-order valence-corrected chi connectivity index (χ4v) is 2.71. The van der Waals surface area contributed by atoms with Crippen molar-refractivity contribution in [2.24, 2.45) is 0 Å². The van der Waals surface area contributed by atoms with Gasteiger partial charge in [-0.25, -0.2) is 4.79 Å². The third kappa shape index (κ3) is 3.55. The minimum Gasteiger partial charge on any atom is -0.478 e. The molecule has 19 heavy (non-hydrogen) atoms. The molecule has 4 heteroatoms. The van der Waals surface area contributed by atoms with Gasteiger partial charge in [-0.1, -0.05) is 31.5 Å². The predicted molar refractivity (Wildman–Crippen MR) is 75.4 cm³/mol. The lowest BCUT2D eigenvalue weighted by Gasteiger charge is -2.36. The number of piperazine rings is 1. The highest BCUT2D eigenvalue weighted by atomic mass is 16.4. The summed E-state index contributed by atoms with van der Waals surface area (Å²) in [6, 6.07) is 7.83. The van der Waals surface area contributed by atoms with Crippen LogP contribution in [0.2, 0.25) is 0 Å². The van der Waals surface area contributed by atoms with Crippen molar-refractivity contribution >= 4 is 5.97 Å². The second-order valence-corrected chi connectivity index (χ2v) is 5.08. The Morgan fingerprint density at radius 3 is 3.00 bits per heavy atom. The van der Waals surface area contributed by atoms with E-state index in [4.69, 9.17) is 0 Å². The highest BCUT2D eigenvalue weighted by Gasteiger charge is 2.22. The molecule has 1 aromatic carbocycles. The average Bonchev–Trinajstić information content (AvgIpc) is 2.42. The van der Waals surface area contributed by atoms with Crippen molar-refractivity contribution in [2.75, 3.05) is 19.6 Å². The molecule has 2 rings (SSSR count).